The van der Waals surface area contributed by atoms with Gasteiger partial charge in [-0.2, -0.15) is 4.68 Å². The molecule has 2 aromatic heterocycles. The van der Waals surface area contributed by atoms with E-state index in [1.54, 1.807) is 30.3 Å². The van der Waals surface area contributed by atoms with Crippen LogP contribution in [0.2, 0.25) is 5.02 Å². The van der Waals surface area contributed by atoms with Crippen molar-refractivity contribution in [2.75, 3.05) is 0 Å². The molecule has 2 heterocycles. The first kappa shape index (κ1) is 23.5. The summed E-state index contributed by atoms with van der Waals surface area (Å²) in [6.07, 6.45) is 0. The lowest BCUT2D eigenvalue weighted by Crippen LogP contribution is -2.16. The van der Waals surface area contributed by atoms with Crippen LogP contribution in [-0.2, 0) is 5.41 Å². The van der Waals surface area contributed by atoms with Crippen LogP contribution in [0.15, 0.2) is 62.9 Å². The summed E-state index contributed by atoms with van der Waals surface area (Å²) in [5.41, 5.74) is 2.41. The van der Waals surface area contributed by atoms with Crippen molar-refractivity contribution in [2.45, 2.75) is 33.1 Å². The second-order valence-corrected chi connectivity index (χ2v) is 9.87. The number of nitro benzene ring substituents is 1. The molecule has 1 N–H and O–H groups in total. The van der Waals surface area contributed by atoms with Crippen molar-refractivity contribution in [3.8, 4) is 16.4 Å². The molecule has 0 aliphatic carbocycles. The number of hydrogen-bond donors (Lipinski definition) is 1. The fourth-order valence-electron chi connectivity index (χ4n) is 3.13. The molecule has 0 spiro atoms. The standard InChI is InChI=1S/C23H21ClN6O3S/c1-13-16(24)6-5-7-17(13)26-27-20-19(14-8-10-15(11-9-14)30(32)33)28-29(21(20)31)22-25-18(12-34-22)23(2,3)4/h5-12,28H,1-4H3. The minimum absolute atomic E-state index is 0.0562. The minimum Gasteiger partial charge on any atom is -0.286 e. The van der Waals surface area contributed by atoms with Crippen molar-refractivity contribution in [1.82, 2.24) is 14.8 Å². The quantitative estimate of drug-likeness (QED) is 0.184. The van der Waals surface area contributed by atoms with E-state index in [1.807, 2.05) is 33.1 Å². The van der Waals surface area contributed by atoms with Gasteiger partial charge in [0.1, 0.15) is 0 Å². The summed E-state index contributed by atoms with van der Waals surface area (Å²) in [4.78, 5) is 28.6. The van der Waals surface area contributed by atoms with Crippen LogP contribution in [0.5, 0.6) is 0 Å². The maximum absolute atomic E-state index is 13.4. The first-order chi connectivity index (χ1) is 16.1. The van der Waals surface area contributed by atoms with Crippen LogP contribution in [0.25, 0.3) is 16.4 Å². The van der Waals surface area contributed by atoms with Crippen LogP contribution in [0.4, 0.5) is 17.1 Å². The number of azo groups is 1. The molecule has 0 bridgehead atoms. The summed E-state index contributed by atoms with van der Waals surface area (Å²) < 4.78 is 1.32. The van der Waals surface area contributed by atoms with Gasteiger partial charge in [0.15, 0.2) is 5.69 Å². The molecule has 0 saturated heterocycles. The first-order valence-corrected chi connectivity index (χ1v) is 11.5. The molecule has 0 radical (unpaired) electrons. The molecule has 0 unspecified atom stereocenters. The van der Waals surface area contributed by atoms with E-state index in [9.17, 15) is 14.9 Å². The SMILES string of the molecule is Cc1c(Cl)cccc1N=Nc1c(-c2ccc([N+](=O)[O-])cc2)[nH]n(-c2nc(C(C)(C)C)cs2)c1=O. The van der Waals surface area contributed by atoms with Crippen molar-refractivity contribution in [3.63, 3.8) is 0 Å². The highest BCUT2D eigenvalue weighted by Crippen LogP contribution is 2.32. The van der Waals surface area contributed by atoms with Gasteiger partial charge in [-0.15, -0.1) is 21.6 Å². The summed E-state index contributed by atoms with van der Waals surface area (Å²) >= 11 is 7.51. The van der Waals surface area contributed by atoms with Crippen molar-refractivity contribution >= 4 is 40.0 Å². The van der Waals surface area contributed by atoms with Crippen LogP contribution in [0.3, 0.4) is 0 Å². The molecule has 0 fully saturated rings. The predicted octanol–water partition coefficient (Wildman–Crippen LogP) is 6.87. The van der Waals surface area contributed by atoms with Crippen molar-refractivity contribution in [1.29, 1.82) is 0 Å². The number of rotatable bonds is 5. The Morgan fingerprint density at radius 3 is 2.47 bits per heavy atom. The minimum atomic E-state index is -0.482. The number of halogens is 1. The number of benzene rings is 2. The van der Waals surface area contributed by atoms with Gasteiger partial charge in [-0.1, -0.05) is 38.4 Å². The number of non-ortho nitro benzene ring substituents is 1. The molecule has 0 saturated carbocycles. The molecular weight excluding hydrogens is 476 g/mol. The van der Waals surface area contributed by atoms with Crippen molar-refractivity contribution in [2.24, 2.45) is 10.2 Å². The lowest BCUT2D eigenvalue weighted by molar-refractivity contribution is -0.384. The lowest BCUT2D eigenvalue weighted by atomic mass is 9.93. The van der Waals surface area contributed by atoms with Gasteiger partial charge in [-0.25, -0.2) is 4.98 Å². The van der Waals surface area contributed by atoms with Crippen LogP contribution < -0.4 is 5.56 Å². The summed E-state index contributed by atoms with van der Waals surface area (Å²) in [7, 11) is 0. The Hall–Kier alpha value is -3.63. The second kappa shape index (κ2) is 8.96. The molecule has 34 heavy (non-hydrogen) atoms. The molecular formula is C23H21ClN6O3S. The third-order valence-electron chi connectivity index (χ3n) is 5.18. The summed E-state index contributed by atoms with van der Waals surface area (Å²) in [6, 6.07) is 11.1. The number of hydrogen-bond acceptors (Lipinski definition) is 7. The smallest absolute Gasteiger partial charge is 0.286 e. The van der Waals surface area contributed by atoms with Gasteiger partial charge < -0.3 is 0 Å². The number of thiazole rings is 1. The maximum atomic E-state index is 13.4. The fraction of sp³-hybridized carbons (Fsp3) is 0.217. The van der Waals surface area contributed by atoms with Gasteiger partial charge >= 0.3 is 5.56 Å². The molecule has 0 atom stereocenters. The Morgan fingerprint density at radius 2 is 1.85 bits per heavy atom. The molecule has 0 aliphatic heterocycles. The van der Waals surface area contributed by atoms with Gasteiger partial charge in [0, 0.05) is 33.5 Å². The zero-order valence-corrected chi connectivity index (χ0v) is 20.4. The van der Waals surface area contributed by atoms with Crippen molar-refractivity contribution < 1.29 is 4.92 Å². The highest BCUT2D eigenvalue weighted by molar-refractivity contribution is 7.12. The Labute approximate surface area is 203 Å². The van der Waals surface area contributed by atoms with E-state index in [0.717, 1.165) is 11.3 Å². The van der Waals surface area contributed by atoms with E-state index in [0.29, 0.717) is 27.1 Å². The molecule has 174 valence electrons. The van der Waals surface area contributed by atoms with E-state index >= 15 is 0 Å². The van der Waals surface area contributed by atoms with E-state index in [-0.39, 0.29) is 16.8 Å². The molecule has 4 rings (SSSR count). The largest absolute Gasteiger partial charge is 0.301 e. The van der Waals surface area contributed by atoms with Gasteiger partial charge in [-0.3, -0.25) is 20.0 Å². The third kappa shape index (κ3) is 4.55. The monoisotopic (exact) mass is 496 g/mol. The van der Waals surface area contributed by atoms with E-state index in [1.165, 1.54) is 28.2 Å². The Balaban J connectivity index is 1.86. The highest BCUT2D eigenvalue weighted by Gasteiger charge is 2.22. The van der Waals surface area contributed by atoms with Crippen LogP contribution in [0, 0.1) is 17.0 Å². The second-order valence-electron chi connectivity index (χ2n) is 8.63. The van der Waals surface area contributed by atoms with Gasteiger partial charge in [-0.05, 0) is 36.8 Å². The highest BCUT2D eigenvalue weighted by atomic mass is 35.5. The molecule has 11 heteroatoms. The van der Waals surface area contributed by atoms with Crippen LogP contribution in [0.1, 0.15) is 32.0 Å². The van der Waals surface area contributed by atoms with Crippen molar-refractivity contribution in [3.05, 3.63) is 84.6 Å². The number of nitrogens with one attached hydrogen (secondary N) is 1. The lowest BCUT2D eigenvalue weighted by Gasteiger charge is -2.14. The summed E-state index contributed by atoms with van der Waals surface area (Å²) in [5, 5.41) is 25.5. The maximum Gasteiger partial charge on any atom is 0.301 e. The Kier molecular flexibility index (Phi) is 6.20. The zero-order chi connectivity index (χ0) is 24.6. The fourth-order valence-corrected chi connectivity index (χ4v) is 4.30. The number of nitro groups is 1. The van der Waals surface area contributed by atoms with Gasteiger partial charge in [0.05, 0.1) is 22.0 Å². The predicted molar refractivity (Wildman–Crippen MR) is 133 cm³/mol. The Morgan fingerprint density at radius 1 is 1.15 bits per heavy atom. The Bertz CT molecular complexity index is 1460. The number of H-pyrrole nitrogens is 1. The zero-order valence-electron chi connectivity index (χ0n) is 18.9. The third-order valence-corrected chi connectivity index (χ3v) is 6.42. The average molecular weight is 497 g/mol. The number of aromatic nitrogens is 3. The number of aromatic amines is 1. The first-order valence-electron chi connectivity index (χ1n) is 10.3. The van der Waals surface area contributed by atoms with Gasteiger partial charge in [0.2, 0.25) is 5.13 Å². The van der Waals surface area contributed by atoms with Crippen LogP contribution in [-0.4, -0.2) is 19.7 Å². The van der Waals surface area contributed by atoms with Crippen LogP contribution >= 0.6 is 22.9 Å². The molecule has 2 aromatic carbocycles. The van der Waals surface area contributed by atoms with E-state index in [4.69, 9.17) is 11.6 Å². The molecule has 0 amide bonds. The average Bonchev–Trinajstić information content (AvgIpc) is 3.40. The number of nitrogens with zero attached hydrogens (tertiary/aromatic N) is 5. The molecule has 9 nitrogen and oxygen atoms in total. The summed E-state index contributed by atoms with van der Waals surface area (Å²) in [6.45, 7) is 7.93. The van der Waals surface area contributed by atoms with E-state index in [2.05, 4.69) is 20.3 Å². The molecule has 4 aromatic rings. The molecule has 0 aliphatic rings. The van der Waals surface area contributed by atoms with E-state index < -0.39 is 10.5 Å². The summed E-state index contributed by atoms with van der Waals surface area (Å²) in [5.74, 6) is 0. The van der Waals surface area contributed by atoms with Gasteiger partial charge in [0.25, 0.3) is 5.69 Å². The topological polar surface area (TPSA) is 119 Å². The normalized spacial score (nSPS) is 11.9.